The summed E-state index contributed by atoms with van der Waals surface area (Å²) in [5.74, 6) is 0.934. The number of para-hydroxylation sites is 1. The Morgan fingerprint density at radius 1 is 1.14 bits per heavy atom. The van der Waals surface area contributed by atoms with Crippen molar-refractivity contribution in [2.75, 3.05) is 7.05 Å². The molecule has 3 rings (SSSR count). The molecule has 0 aliphatic heterocycles. The van der Waals surface area contributed by atoms with Crippen LogP contribution in [0.25, 0.3) is 11.0 Å². The van der Waals surface area contributed by atoms with Gasteiger partial charge in [0, 0.05) is 5.39 Å². The van der Waals surface area contributed by atoms with Gasteiger partial charge in [-0.1, -0.05) is 43.3 Å². The van der Waals surface area contributed by atoms with E-state index < -0.39 is 0 Å². The van der Waals surface area contributed by atoms with E-state index in [1.54, 1.807) is 0 Å². The van der Waals surface area contributed by atoms with E-state index in [1.165, 1.54) is 11.1 Å². The van der Waals surface area contributed by atoms with Crippen LogP contribution >= 0.6 is 15.9 Å². The zero-order valence-corrected chi connectivity index (χ0v) is 13.8. The summed E-state index contributed by atoms with van der Waals surface area (Å²) >= 11 is 3.54. The van der Waals surface area contributed by atoms with E-state index in [0.29, 0.717) is 0 Å². The SMILES string of the molecule is CCc1ccc(C(NC)c2cc3cccc(Br)c3o2)cc1. The molecule has 0 radical (unpaired) electrons. The highest BCUT2D eigenvalue weighted by molar-refractivity contribution is 9.10. The van der Waals surface area contributed by atoms with E-state index in [9.17, 15) is 0 Å². The van der Waals surface area contributed by atoms with Gasteiger partial charge in [-0.2, -0.15) is 0 Å². The van der Waals surface area contributed by atoms with Crippen molar-refractivity contribution in [3.63, 3.8) is 0 Å². The molecule has 3 aromatic rings. The number of fused-ring (bicyclic) bond motifs is 1. The summed E-state index contributed by atoms with van der Waals surface area (Å²) in [6.45, 7) is 2.17. The predicted octanol–water partition coefficient (Wildman–Crippen LogP) is 5.07. The summed E-state index contributed by atoms with van der Waals surface area (Å²) in [5.41, 5.74) is 3.46. The molecular weight excluding hydrogens is 326 g/mol. The zero-order valence-electron chi connectivity index (χ0n) is 12.2. The van der Waals surface area contributed by atoms with Crippen LogP contribution in [0, 0.1) is 0 Å². The molecular formula is C18H18BrNO. The van der Waals surface area contributed by atoms with Gasteiger partial charge < -0.3 is 9.73 Å². The minimum absolute atomic E-state index is 0.0650. The monoisotopic (exact) mass is 343 g/mol. The second-order valence-electron chi connectivity index (χ2n) is 5.12. The molecule has 3 heteroatoms. The fourth-order valence-electron chi connectivity index (χ4n) is 2.61. The lowest BCUT2D eigenvalue weighted by atomic mass is 10.0. The Morgan fingerprint density at radius 2 is 1.90 bits per heavy atom. The first-order valence-corrected chi connectivity index (χ1v) is 7.96. The first-order chi connectivity index (χ1) is 10.2. The van der Waals surface area contributed by atoms with Crippen molar-refractivity contribution in [3.8, 4) is 0 Å². The molecule has 0 spiro atoms. The average molecular weight is 344 g/mol. The number of halogens is 1. The van der Waals surface area contributed by atoms with E-state index in [1.807, 2.05) is 19.2 Å². The predicted molar refractivity (Wildman–Crippen MR) is 90.6 cm³/mol. The molecule has 2 nitrogen and oxygen atoms in total. The number of furan rings is 1. The second kappa shape index (κ2) is 6.04. The highest BCUT2D eigenvalue weighted by atomic mass is 79.9. The van der Waals surface area contributed by atoms with Crippen LogP contribution < -0.4 is 5.32 Å². The molecule has 0 saturated heterocycles. The third kappa shape index (κ3) is 2.76. The van der Waals surface area contributed by atoms with Crippen molar-refractivity contribution in [1.29, 1.82) is 0 Å². The van der Waals surface area contributed by atoms with E-state index in [-0.39, 0.29) is 6.04 Å². The topological polar surface area (TPSA) is 25.2 Å². The van der Waals surface area contributed by atoms with Crippen LogP contribution in [-0.2, 0) is 6.42 Å². The van der Waals surface area contributed by atoms with Crippen LogP contribution in [-0.4, -0.2) is 7.05 Å². The molecule has 1 heterocycles. The van der Waals surface area contributed by atoms with Gasteiger partial charge in [0.25, 0.3) is 0 Å². The molecule has 1 atom stereocenters. The van der Waals surface area contributed by atoms with E-state index in [0.717, 1.165) is 27.6 Å². The van der Waals surface area contributed by atoms with Crippen molar-refractivity contribution in [2.24, 2.45) is 0 Å². The van der Waals surface area contributed by atoms with Gasteiger partial charge in [0.2, 0.25) is 0 Å². The fourth-order valence-corrected chi connectivity index (χ4v) is 3.07. The number of aryl methyl sites for hydroxylation is 1. The van der Waals surface area contributed by atoms with E-state index >= 15 is 0 Å². The summed E-state index contributed by atoms with van der Waals surface area (Å²) in [6.07, 6.45) is 1.06. The molecule has 0 bridgehead atoms. The molecule has 1 unspecified atom stereocenters. The fraction of sp³-hybridized carbons (Fsp3) is 0.222. The first kappa shape index (κ1) is 14.4. The summed E-state index contributed by atoms with van der Waals surface area (Å²) in [5, 5.41) is 4.46. The van der Waals surface area contributed by atoms with Crippen LogP contribution in [0.5, 0.6) is 0 Å². The summed E-state index contributed by atoms with van der Waals surface area (Å²) in [6, 6.07) is 17.0. The van der Waals surface area contributed by atoms with Gasteiger partial charge >= 0.3 is 0 Å². The quantitative estimate of drug-likeness (QED) is 0.715. The summed E-state index contributed by atoms with van der Waals surface area (Å²) < 4.78 is 7.04. The minimum Gasteiger partial charge on any atom is -0.458 e. The van der Waals surface area contributed by atoms with Gasteiger partial charge in [-0.25, -0.2) is 0 Å². The maximum atomic E-state index is 6.05. The Labute approximate surface area is 133 Å². The van der Waals surface area contributed by atoms with Gasteiger partial charge in [0.15, 0.2) is 0 Å². The third-order valence-corrected chi connectivity index (χ3v) is 4.43. The second-order valence-corrected chi connectivity index (χ2v) is 5.98. The lowest BCUT2D eigenvalue weighted by molar-refractivity contribution is 0.490. The van der Waals surface area contributed by atoms with Gasteiger partial charge in [0.1, 0.15) is 11.3 Å². The van der Waals surface area contributed by atoms with Crippen LogP contribution in [0.3, 0.4) is 0 Å². The number of nitrogens with one attached hydrogen (secondary N) is 1. The first-order valence-electron chi connectivity index (χ1n) is 7.17. The van der Waals surface area contributed by atoms with E-state index in [4.69, 9.17) is 4.42 Å². The molecule has 2 aromatic carbocycles. The Morgan fingerprint density at radius 3 is 2.52 bits per heavy atom. The molecule has 0 saturated carbocycles. The Bertz CT molecular complexity index is 746. The van der Waals surface area contributed by atoms with Crippen molar-refractivity contribution in [1.82, 2.24) is 5.32 Å². The maximum Gasteiger partial charge on any atom is 0.148 e. The normalized spacial score (nSPS) is 12.7. The number of rotatable bonds is 4. The molecule has 21 heavy (non-hydrogen) atoms. The largest absolute Gasteiger partial charge is 0.458 e. The molecule has 0 fully saturated rings. The molecule has 108 valence electrons. The van der Waals surface area contributed by atoms with Crippen LogP contribution in [0.2, 0.25) is 0 Å². The molecule has 0 amide bonds. The lowest BCUT2D eigenvalue weighted by Crippen LogP contribution is -2.16. The van der Waals surface area contributed by atoms with Gasteiger partial charge in [-0.3, -0.25) is 0 Å². The van der Waals surface area contributed by atoms with Crippen molar-refractivity contribution in [2.45, 2.75) is 19.4 Å². The minimum atomic E-state index is 0.0650. The number of hydrogen-bond acceptors (Lipinski definition) is 2. The van der Waals surface area contributed by atoms with Gasteiger partial charge in [-0.15, -0.1) is 0 Å². The van der Waals surface area contributed by atoms with Gasteiger partial charge in [0.05, 0.1) is 10.5 Å². The Balaban J connectivity index is 2.02. The summed E-state index contributed by atoms with van der Waals surface area (Å²) in [7, 11) is 1.96. The molecule has 1 N–H and O–H groups in total. The van der Waals surface area contributed by atoms with Crippen molar-refractivity contribution in [3.05, 3.63) is 69.9 Å². The van der Waals surface area contributed by atoms with Crippen molar-refractivity contribution < 1.29 is 4.42 Å². The van der Waals surface area contributed by atoms with Crippen LogP contribution in [0.4, 0.5) is 0 Å². The van der Waals surface area contributed by atoms with Gasteiger partial charge in [-0.05, 0) is 52.7 Å². The smallest absolute Gasteiger partial charge is 0.148 e. The Kier molecular flexibility index (Phi) is 4.13. The van der Waals surface area contributed by atoms with Crippen molar-refractivity contribution >= 4 is 26.9 Å². The zero-order chi connectivity index (χ0) is 14.8. The average Bonchev–Trinajstić information content (AvgIpc) is 2.94. The lowest BCUT2D eigenvalue weighted by Gasteiger charge is -2.14. The molecule has 1 aromatic heterocycles. The standard InChI is InChI=1S/C18H18BrNO/c1-3-12-7-9-13(10-8-12)17(20-2)16-11-14-5-4-6-15(19)18(14)21-16/h4-11,17,20H,3H2,1-2H3. The summed E-state index contributed by atoms with van der Waals surface area (Å²) in [4.78, 5) is 0. The highest BCUT2D eigenvalue weighted by Crippen LogP contribution is 2.32. The highest BCUT2D eigenvalue weighted by Gasteiger charge is 2.17. The molecule has 0 aliphatic rings. The third-order valence-electron chi connectivity index (χ3n) is 3.81. The number of benzene rings is 2. The van der Waals surface area contributed by atoms with Crippen LogP contribution in [0.1, 0.15) is 29.9 Å². The Hall–Kier alpha value is -1.58. The van der Waals surface area contributed by atoms with E-state index in [2.05, 4.69) is 64.6 Å². The van der Waals surface area contributed by atoms with Crippen LogP contribution in [0.15, 0.2) is 57.4 Å². The molecule has 0 aliphatic carbocycles. The number of hydrogen-bond donors (Lipinski definition) is 1. The maximum absolute atomic E-state index is 6.05.